The number of hydrogen-bond donors (Lipinski definition) is 2. The highest BCUT2D eigenvalue weighted by Crippen LogP contribution is 2.28. The third kappa shape index (κ3) is 5.67. The Labute approximate surface area is 161 Å². The molecule has 2 aliphatic rings. The molecular weight excluding hydrogens is 346 g/mol. The summed E-state index contributed by atoms with van der Waals surface area (Å²) in [6, 6.07) is 4.78. The molecule has 0 radical (unpaired) electrons. The predicted molar refractivity (Wildman–Crippen MR) is 109 cm³/mol. The molecule has 0 saturated carbocycles. The highest BCUT2D eigenvalue weighted by molar-refractivity contribution is 7.10. The number of nitrogens with zero attached hydrogens (tertiary/aromatic N) is 3. The fourth-order valence-electron chi connectivity index (χ4n) is 3.64. The molecule has 1 aromatic heterocycles. The van der Waals surface area contributed by atoms with E-state index in [-0.39, 0.29) is 6.10 Å². The van der Waals surface area contributed by atoms with E-state index in [0.29, 0.717) is 6.04 Å². The Morgan fingerprint density at radius 2 is 2.19 bits per heavy atom. The number of likely N-dealkylation sites (N-methyl/N-ethyl adjacent to an activating group) is 1. The summed E-state index contributed by atoms with van der Waals surface area (Å²) >= 11 is 1.84. The van der Waals surface area contributed by atoms with Crippen molar-refractivity contribution >= 4 is 17.3 Å². The SMILES string of the molecule is CCNC(=NCC(c1cccs1)N1CCCC1)NCC1CN(C)CCO1. The molecule has 1 aromatic rings. The average Bonchev–Trinajstić information content (AvgIpc) is 3.34. The number of nitrogens with one attached hydrogen (secondary N) is 2. The van der Waals surface area contributed by atoms with E-state index >= 15 is 0 Å². The summed E-state index contributed by atoms with van der Waals surface area (Å²) in [7, 11) is 2.15. The van der Waals surface area contributed by atoms with Crippen molar-refractivity contribution in [2.45, 2.75) is 31.9 Å². The zero-order valence-corrected chi connectivity index (χ0v) is 16.9. The van der Waals surface area contributed by atoms with Crippen LogP contribution in [0, 0.1) is 0 Å². The molecule has 2 aliphatic heterocycles. The van der Waals surface area contributed by atoms with Gasteiger partial charge in [0.25, 0.3) is 0 Å². The minimum atomic E-state index is 0.226. The first-order valence-electron chi connectivity index (χ1n) is 9.86. The fraction of sp³-hybridized carbons (Fsp3) is 0.737. The lowest BCUT2D eigenvalue weighted by molar-refractivity contribution is -0.0161. The number of thiophene rings is 1. The van der Waals surface area contributed by atoms with Crippen LogP contribution in [0.15, 0.2) is 22.5 Å². The molecule has 0 aliphatic carbocycles. The molecule has 146 valence electrons. The van der Waals surface area contributed by atoms with Crippen LogP contribution in [0.25, 0.3) is 0 Å². The van der Waals surface area contributed by atoms with Gasteiger partial charge in [0.05, 0.1) is 25.3 Å². The van der Waals surface area contributed by atoms with Gasteiger partial charge in [-0.1, -0.05) is 6.07 Å². The molecule has 2 fully saturated rings. The van der Waals surface area contributed by atoms with Crippen molar-refractivity contribution in [3.8, 4) is 0 Å². The number of morpholine rings is 1. The van der Waals surface area contributed by atoms with Crippen LogP contribution in [0.3, 0.4) is 0 Å². The van der Waals surface area contributed by atoms with Crippen LogP contribution in [0.4, 0.5) is 0 Å². The van der Waals surface area contributed by atoms with Gasteiger partial charge in [-0.2, -0.15) is 0 Å². The second kappa shape index (κ2) is 10.3. The van der Waals surface area contributed by atoms with Crippen LogP contribution in [-0.2, 0) is 4.74 Å². The van der Waals surface area contributed by atoms with Crippen molar-refractivity contribution in [1.82, 2.24) is 20.4 Å². The summed E-state index contributed by atoms with van der Waals surface area (Å²) in [5.41, 5.74) is 0. The number of guanidine groups is 1. The monoisotopic (exact) mass is 379 g/mol. The van der Waals surface area contributed by atoms with Gasteiger partial charge < -0.3 is 20.3 Å². The Morgan fingerprint density at radius 1 is 1.35 bits per heavy atom. The predicted octanol–water partition coefficient (Wildman–Crippen LogP) is 1.77. The number of ether oxygens (including phenoxy) is 1. The van der Waals surface area contributed by atoms with Gasteiger partial charge in [0.2, 0.25) is 0 Å². The van der Waals surface area contributed by atoms with E-state index in [1.54, 1.807) is 0 Å². The minimum Gasteiger partial charge on any atom is -0.374 e. The van der Waals surface area contributed by atoms with E-state index < -0.39 is 0 Å². The van der Waals surface area contributed by atoms with E-state index in [1.807, 2.05) is 11.3 Å². The van der Waals surface area contributed by atoms with Gasteiger partial charge in [0.1, 0.15) is 0 Å². The zero-order chi connectivity index (χ0) is 18.2. The van der Waals surface area contributed by atoms with E-state index in [0.717, 1.165) is 45.3 Å². The lowest BCUT2D eigenvalue weighted by Gasteiger charge is -2.30. The van der Waals surface area contributed by atoms with E-state index in [1.165, 1.54) is 30.8 Å². The third-order valence-corrected chi connectivity index (χ3v) is 6.03. The molecule has 0 aromatic carbocycles. The molecule has 2 atom stereocenters. The minimum absolute atomic E-state index is 0.226. The Bertz CT molecular complexity index is 544. The van der Waals surface area contributed by atoms with Crippen LogP contribution >= 0.6 is 11.3 Å². The normalized spacial score (nSPS) is 23.9. The fourth-order valence-corrected chi connectivity index (χ4v) is 4.49. The summed E-state index contributed by atoms with van der Waals surface area (Å²) in [6.07, 6.45) is 2.83. The quantitative estimate of drug-likeness (QED) is 0.559. The molecule has 0 bridgehead atoms. The van der Waals surface area contributed by atoms with Gasteiger partial charge in [-0.3, -0.25) is 9.89 Å². The van der Waals surface area contributed by atoms with Crippen LogP contribution in [0.5, 0.6) is 0 Å². The van der Waals surface area contributed by atoms with E-state index in [9.17, 15) is 0 Å². The molecular formula is C19H33N5OS. The molecule has 7 heteroatoms. The van der Waals surface area contributed by atoms with Crippen molar-refractivity contribution < 1.29 is 4.74 Å². The molecule has 2 N–H and O–H groups in total. The van der Waals surface area contributed by atoms with Crippen molar-refractivity contribution in [3.63, 3.8) is 0 Å². The Hall–Kier alpha value is -1.15. The molecule has 3 rings (SSSR count). The van der Waals surface area contributed by atoms with Crippen molar-refractivity contribution in [1.29, 1.82) is 0 Å². The van der Waals surface area contributed by atoms with Gasteiger partial charge in [-0.05, 0) is 51.3 Å². The topological polar surface area (TPSA) is 52.1 Å². The lowest BCUT2D eigenvalue weighted by Crippen LogP contribution is -2.48. The number of hydrogen-bond acceptors (Lipinski definition) is 5. The maximum absolute atomic E-state index is 5.85. The summed E-state index contributed by atoms with van der Waals surface area (Å²) in [6.45, 7) is 9.73. The Balaban J connectivity index is 1.59. The first-order valence-corrected chi connectivity index (χ1v) is 10.7. The van der Waals surface area contributed by atoms with Crippen LogP contribution in [0.2, 0.25) is 0 Å². The molecule has 2 unspecified atom stereocenters. The zero-order valence-electron chi connectivity index (χ0n) is 16.1. The number of likely N-dealkylation sites (tertiary alicyclic amines) is 1. The summed E-state index contributed by atoms with van der Waals surface area (Å²) in [5.74, 6) is 0.894. The molecule has 6 nitrogen and oxygen atoms in total. The smallest absolute Gasteiger partial charge is 0.191 e. The molecule has 26 heavy (non-hydrogen) atoms. The van der Waals surface area contributed by atoms with Crippen LogP contribution in [-0.4, -0.2) is 81.3 Å². The lowest BCUT2D eigenvalue weighted by atomic mass is 10.2. The summed E-state index contributed by atoms with van der Waals surface area (Å²) in [4.78, 5) is 11.2. The molecule has 0 amide bonds. The average molecular weight is 380 g/mol. The highest BCUT2D eigenvalue weighted by Gasteiger charge is 2.24. The standard InChI is InChI=1S/C19H33N5OS/c1-3-20-19(21-13-16-15-23(2)10-11-25-16)22-14-17(18-7-6-12-26-18)24-8-4-5-9-24/h6-7,12,16-17H,3-5,8-11,13-15H2,1-2H3,(H2,20,21,22). The Kier molecular flexibility index (Phi) is 7.73. The van der Waals surface area contributed by atoms with Gasteiger partial charge in [0, 0.05) is 31.1 Å². The molecule has 2 saturated heterocycles. The second-order valence-corrected chi connectivity index (χ2v) is 8.11. The highest BCUT2D eigenvalue weighted by atomic mass is 32.1. The van der Waals surface area contributed by atoms with Gasteiger partial charge in [-0.25, -0.2) is 0 Å². The van der Waals surface area contributed by atoms with Crippen molar-refractivity contribution in [3.05, 3.63) is 22.4 Å². The first-order chi connectivity index (χ1) is 12.8. The van der Waals surface area contributed by atoms with E-state index in [2.05, 4.69) is 51.9 Å². The number of rotatable bonds is 7. The van der Waals surface area contributed by atoms with Gasteiger partial charge >= 0.3 is 0 Å². The largest absolute Gasteiger partial charge is 0.374 e. The van der Waals surface area contributed by atoms with Gasteiger partial charge in [-0.15, -0.1) is 11.3 Å². The van der Waals surface area contributed by atoms with Gasteiger partial charge in [0.15, 0.2) is 5.96 Å². The Morgan fingerprint density at radius 3 is 2.88 bits per heavy atom. The second-order valence-electron chi connectivity index (χ2n) is 7.13. The maximum Gasteiger partial charge on any atom is 0.191 e. The maximum atomic E-state index is 5.85. The van der Waals surface area contributed by atoms with Crippen LogP contribution < -0.4 is 10.6 Å². The van der Waals surface area contributed by atoms with Crippen LogP contribution in [0.1, 0.15) is 30.7 Å². The third-order valence-electron chi connectivity index (χ3n) is 5.06. The molecule has 0 spiro atoms. The first kappa shape index (κ1) is 19.6. The van der Waals surface area contributed by atoms with E-state index in [4.69, 9.17) is 9.73 Å². The summed E-state index contributed by atoms with van der Waals surface area (Å²) in [5, 5.41) is 9.02. The molecule has 3 heterocycles. The number of aliphatic imine (C=N–C) groups is 1. The van der Waals surface area contributed by atoms with Crippen molar-refractivity contribution in [2.75, 3.05) is 59.5 Å². The van der Waals surface area contributed by atoms with Crippen molar-refractivity contribution in [2.24, 2.45) is 4.99 Å². The summed E-state index contributed by atoms with van der Waals surface area (Å²) < 4.78 is 5.85.